The molecule has 6 aromatic rings. The normalized spacial score (nSPS) is 10.8. The highest BCUT2D eigenvalue weighted by Crippen LogP contribution is 2.46. The van der Waals surface area contributed by atoms with Gasteiger partial charge in [0.15, 0.2) is 0 Å². The Morgan fingerprint density at radius 2 is 1.18 bits per heavy atom. The zero-order valence-corrected chi connectivity index (χ0v) is 24.2. The molecule has 2 N–H and O–H groups in total. The number of aryl methyl sites for hydroxylation is 1. The number of nitrogens with zero attached hydrogens (tertiary/aromatic N) is 3. The van der Waals surface area contributed by atoms with Crippen LogP contribution in [-0.4, -0.2) is 7.11 Å². The van der Waals surface area contributed by atoms with Crippen molar-refractivity contribution < 1.29 is 9.32 Å². The van der Waals surface area contributed by atoms with Gasteiger partial charge in [0.2, 0.25) is 0 Å². The van der Waals surface area contributed by atoms with Gasteiger partial charge in [-0.05, 0) is 88.2 Å². The summed E-state index contributed by atoms with van der Waals surface area (Å²) in [6.45, 7) is 2.04. The van der Waals surface area contributed by atoms with Crippen LogP contribution in [0.5, 0.6) is 0 Å². The standard InChI is InChI=1S/C38H27FN4O/c1-24-6-12-27(13-7-24)30-20-34(29-16-10-26(23-41)11-17-29)38(42)35(21-30)33-19-18-31(28-14-8-25(22-40)9-15-28)32-4-3-5-36(37(32)33)43(39)44-2/h3-21H,42H2,1-2H3. The highest BCUT2D eigenvalue weighted by Gasteiger charge is 2.21. The van der Waals surface area contributed by atoms with Gasteiger partial charge in [0.05, 0.1) is 30.4 Å². The first-order valence-electron chi connectivity index (χ1n) is 14.0. The van der Waals surface area contributed by atoms with Crippen molar-refractivity contribution in [3.05, 3.63) is 132 Å². The van der Waals surface area contributed by atoms with E-state index in [4.69, 9.17) is 10.6 Å². The SMILES string of the molecule is CON(F)c1cccc2c(-c3ccc(C#N)cc3)ccc(-c3cc(-c4ccc(C)cc4)cc(-c4ccc(C#N)cc4)c3N)c12. The van der Waals surface area contributed by atoms with Crippen LogP contribution < -0.4 is 11.0 Å². The Labute approximate surface area is 255 Å². The molecular formula is C38H27FN4O. The van der Waals surface area contributed by atoms with Crippen molar-refractivity contribution in [2.24, 2.45) is 0 Å². The van der Waals surface area contributed by atoms with Gasteiger partial charge < -0.3 is 5.73 Å². The quantitative estimate of drug-likeness (QED) is 0.122. The molecule has 0 aromatic heterocycles. The molecule has 0 aliphatic carbocycles. The summed E-state index contributed by atoms with van der Waals surface area (Å²) in [5.74, 6) is 0. The average Bonchev–Trinajstić information content (AvgIpc) is 3.08. The molecule has 0 spiro atoms. The van der Waals surface area contributed by atoms with E-state index in [2.05, 4.69) is 42.5 Å². The summed E-state index contributed by atoms with van der Waals surface area (Å²) in [5, 5.41) is 20.3. The maximum Gasteiger partial charge on any atom is 0.108 e. The van der Waals surface area contributed by atoms with E-state index in [-0.39, 0.29) is 11.0 Å². The largest absolute Gasteiger partial charge is 0.398 e. The number of anilines is 2. The third-order valence-electron chi connectivity index (χ3n) is 7.87. The molecule has 44 heavy (non-hydrogen) atoms. The zero-order chi connectivity index (χ0) is 30.8. The van der Waals surface area contributed by atoms with Crippen LogP contribution in [-0.2, 0) is 4.84 Å². The van der Waals surface area contributed by atoms with Gasteiger partial charge in [-0.2, -0.15) is 10.5 Å². The van der Waals surface area contributed by atoms with Crippen LogP contribution in [0, 0.1) is 29.6 Å². The molecule has 6 rings (SSSR count). The van der Waals surface area contributed by atoms with Gasteiger partial charge in [-0.25, -0.2) is 4.84 Å². The fourth-order valence-electron chi connectivity index (χ4n) is 5.58. The number of hydrogen-bond acceptors (Lipinski definition) is 5. The van der Waals surface area contributed by atoms with E-state index in [0.29, 0.717) is 22.2 Å². The molecule has 0 amide bonds. The van der Waals surface area contributed by atoms with Gasteiger partial charge in [0.1, 0.15) is 5.69 Å². The molecular weight excluding hydrogens is 547 g/mol. The molecule has 0 unspecified atom stereocenters. The maximum absolute atomic E-state index is 15.3. The van der Waals surface area contributed by atoms with E-state index in [1.807, 2.05) is 55.5 Å². The summed E-state index contributed by atoms with van der Waals surface area (Å²) < 4.78 is 15.3. The second-order valence-corrected chi connectivity index (χ2v) is 10.5. The third-order valence-corrected chi connectivity index (χ3v) is 7.87. The molecule has 0 aliphatic heterocycles. The molecule has 212 valence electrons. The van der Waals surface area contributed by atoms with Crippen molar-refractivity contribution in [2.75, 3.05) is 18.1 Å². The van der Waals surface area contributed by atoms with Gasteiger partial charge >= 0.3 is 0 Å². The monoisotopic (exact) mass is 574 g/mol. The lowest BCUT2D eigenvalue weighted by molar-refractivity contribution is 0.0605. The lowest BCUT2D eigenvalue weighted by Crippen LogP contribution is -2.10. The van der Waals surface area contributed by atoms with Crippen molar-refractivity contribution in [1.29, 1.82) is 10.5 Å². The Morgan fingerprint density at radius 1 is 0.636 bits per heavy atom. The van der Waals surface area contributed by atoms with E-state index in [1.54, 1.807) is 36.4 Å². The summed E-state index contributed by atoms with van der Waals surface area (Å²) >= 11 is 0. The number of nitrogen functional groups attached to an aromatic ring is 1. The Kier molecular flexibility index (Phi) is 7.52. The number of nitrogens with two attached hydrogens (primary N) is 1. The molecule has 0 aliphatic rings. The smallest absolute Gasteiger partial charge is 0.108 e. The molecule has 0 fully saturated rings. The Morgan fingerprint density at radius 3 is 1.77 bits per heavy atom. The molecule has 5 nitrogen and oxygen atoms in total. The number of fused-ring (bicyclic) bond motifs is 1. The van der Waals surface area contributed by atoms with Crippen molar-refractivity contribution in [2.45, 2.75) is 6.92 Å². The highest BCUT2D eigenvalue weighted by molar-refractivity contribution is 6.13. The number of rotatable bonds is 6. The van der Waals surface area contributed by atoms with Crippen LogP contribution in [0.4, 0.5) is 15.9 Å². The van der Waals surface area contributed by atoms with Gasteiger partial charge in [-0.3, -0.25) is 0 Å². The van der Waals surface area contributed by atoms with Crippen LogP contribution in [0.15, 0.2) is 115 Å². The fraction of sp³-hybridized carbons (Fsp3) is 0.0526. The van der Waals surface area contributed by atoms with Crippen molar-refractivity contribution >= 4 is 22.1 Å². The number of benzene rings is 6. The summed E-state index contributed by atoms with van der Waals surface area (Å²) in [4.78, 5) is 5.03. The Balaban J connectivity index is 1.67. The van der Waals surface area contributed by atoms with Crippen LogP contribution in [0.25, 0.3) is 55.3 Å². The van der Waals surface area contributed by atoms with E-state index >= 15 is 4.48 Å². The van der Waals surface area contributed by atoms with Crippen molar-refractivity contribution in [1.82, 2.24) is 0 Å². The topological polar surface area (TPSA) is 86.1 Å². The number of nitriles is 2. The number of halogens is 1. The minimum absolute atomic E-state index is 0.232. The predicted octanol–water partition coefficient (Wildman–Crippen LogP) is 9.39. The second-order valence-electron chi connectivity index (χ2n) is 10.5. The third kappa shape index (κ3) is 5.12. The highest BCUT2D eigenvalue weighted by atomic mass is 19.2. The molecule has 0 atom stereocenters. The number of hydrogen-bond donors (Lipinski definition) is 1. The predicted molar refractivity (Wildman–Crippen MR) is 175 cm³/mol. The lowest BCUT2D eigenvalue weighted by Gasteiger charge is -2.21. The maximum atomic E-state index is 15.3. The molecule has 6 aromatic carbocycles. The van der Waals surface area contributed by atoms with E-state index < -0.39 is 0 Å². The van der Waals surface area contributed by atoms with E-state index in [9.17, 15) is 10.5 Å². The summed E-state index contributed by atoms with van der Waals surface area (Å²) in [6, 6.07) is 40.6. The molecule has 0 bridgehead atoms. The Bertz CT molecular complexity index is 2090. The molecule has 0 heterocycles. The minimum atomic E-state index is 0.232. The van der Waals surface area contributed by atoms with Gasteiger partial charge in [0, 0.05) is 22.2 Å². The van der Waals surface area contributed by atoms with Crippen molar-refractivity contribution in [3.8, 4) is 56.6 Å². The summed E-state index contributed by atoms with van der Waals surface area (Å²) in [6.07, 6.45) is 0. The van der Waals surface area contributed by atoms with Gasteiger partial charge in [-0.15, -0.1) is 0 Å². The van der Waals surface area contributed by atoms with Crippen LogP contribution in [0.1, 0.15) is 16.7 Å². The van der Waals surface area contributed by atoms with E-state index in [0.717, 1.165) is 55.5 Å². The second kappa shape index (κ2) is 11.7. The summed E-state index contributed by atoms with van der Waals surface area (Å²) in [5.41, 5.74) is 16.8. The van der Waals surface area contributed by atoms with Gasteiger partial charge in [-0.1, -0.05) is 88.1 Å². The fourth-order valence-corrected chi connectivity index (χ4v) is 5.58. The van der Waals surface area contributed by atoms with Crippen LogP contribution in [0.3, 0.4) is 0 Å². The Hall–Kier alpha value is -5.95. The van der Waals surface area contributed by atoms with Crippen LogP contribution in [0.2, 0.25) is 0 Å². The first-order chi connectivity index (χ1) is 21.4. The lowest BCUT2D eigenvalue weighted by atomic mass is 9.87. The minimum Gasteiger partial charge on any atom is -0.398 e. The summed E-state index contributed by atoms with van der Waals surface area (Å²) in [7, 11) is 1.28. The van der Waals surface area contributed by atoms with Crippen LogP contribution >= 0.6 is 0 Å². The molecule has 0 radical (unpaired) electrons. The first-order valence-corrected chi connectivity index (χ1v) is 14.0. The molecule has 0 saturated carbocycles. The van der Waals surface area contributed by atoms with Crippen molar-refractivity contribution in [3.63, 3.8) is 0 Å². The van der Waals surface area contributed by atoms with Gasteiger partial charge in [0.25, 0.3) is 0 Å². The molecule has 0 saturated heterocycles. The zero-order valence-electron chi connectivity index (χ0n) is 24.2. The average molecular weight is 575 g/mol. The van der Waals surface area contributed by atoms with E-state index in [1.165, 1.54) is 7.11 Å². The molecule has 6 heteroatoms. The first kappa shape index (κ1) is 28.2.